The largest absolute Gasteiger partial charge is 0.330 e. The molecule has 0 aliphatic heterocycles. The Bertz CT molecular complexity index is 208. The lowest BCUT2D eigenvalue weighted by atomic mass is 9.67. The lowest BCUT2D eigenvalue weighted by Gasteiger charge is -2.45. The van der Waals surface area contributed by atoms with Gasteiger partial charge in [-0.1, -0.05) is 34.6 Å². The van der Waals surface area contributed by atoms with Crippen LogP contribution in [0.3, 0.4) is 0 Å². The predicted molar refractivity (Wildman–Crippen MR) is 76.0 cm³/mol. The topological polar surface area (TPSA) is 29.3 Å². The van der Waals surface area contributed by atoms with Gasteiger partial charge in [-0.2, -0.15) is 0 Å². The molecule has 0 amide bonds. The van der Waals surface area contributed by atoms with Crippen LogP contribution in [0.5, 0.6) is 0 Å². The lowest BCUT2D eigenvalue weighted by molar-refractivity contribution is 0.0508. The normalized spacial score (nSPS) is 30.9. The summed E-state index contributed by atoms with van der Waals surface area (Å²) in [5, 5.41) is 0. The molecule has 2 N–H and O–H groups in total. The number of nitrogens with zero attached hydrogens (tertiary/aromatic N) is 1. The van der Waals surface area contributed by atoms with E-state index >= 15 is 0 Å². The zero-order chi connectivity index (χ0) is 13.1. The zero-order valence-corrected chi connectivity index (χ0v) is 12.5. The Morgan fingerprint density at radius 3 is 2.12 bits per heavy atom. The molecule has 0 heterocycles. The lowest BCUT2D eigenvalue weighted by Crippen LogP contribution is -2.48. The Morgan fingerprint density at radius 1 is 1.12 bits per heavy atom. The smallest absolute Gasteiger partial charge is 0.0138 e. The first-order chi connectivity index (χ1) is 7.93. The van der Waals surface area contributed by atoms with Crippen LogP contribution in [0.4, 0.5) is 0 Å². The molecule has 1 aliphatic carbocycles. The van der Waals surface area contributed by atoms with Crippen molar-refractivity contribution in [1.82, 2.24) is 4.90 Å². The average molecular weight is 240 g/mol. The molecule has 17 heavy (non-hydrogen) atoms. The Morgan fingerprint density at radius 2 is 1.71 bits per heavy atom. The van der Waals surface area contributed by atoms with Crippen molar-refractivity contribution in [3.8, 4) is 0 Å². The van der Waals surface area contributed by atoms with E-state index in [0.29, 0.717) is 17.4 Å². The minimum Gasteiger partial charge on any atom is -0.330 e. The van der Waals surface area contributed by atoms with Gasteiger partial charge in [0, 0.05) is 6.04 Å². The third kappa shape index (κ3) is 3.69. The fraction of sp³-hybridized carbons (Fsp3) is 1.00. The molecule has 1 saturated carbocycles. The molecule has 0 radical (unpaired) electrons. The van der Waals surface area contributed by atoms with Crippen molar-refractivity contribution in [1.29, 1.82) is 0 Å². The van der Waals surface area contributed by atoms with Crippen LogP contribution in [0.1, 0.15) is 53.9 Å². The van der Waals surface area contributed by atoms with Crippen molar-refractivity contribution in [3.63, 3.8) is 0 Å². The van der Waals surface area contributed by atoms with Crippen LogP contribution in [0.15, 0.2) is 0 Å². The highest BCUT2D eigenvalue weighted by atomic mass is 15.2. The van der Waals surface area contributed by atoms with E-state index in [1.54, 1.807) is 0 Å². The summed E-state index contributed by atoms with van der Waals surface area (Å²) in [5.41, 5.74) is 6.42. The van der Waals surface area contributed by atoms with Gasteiger partial charge in [0.1, 0.15) is 0 Å². The summed E-state index contributed by atoms with van der Waals surface area (Å²) in [6.07, 6.45) is 4.02. The maximum absolute atomic E-state index is 5.97. The summed E-state index contributed by atoms with van der Waals surface area (Å²) in [7, 11) is 0. The van der Waals surface area contributed by atoms with Crippen LogP contribution in [-0.2, 0) is 0 Å². The molecule has 1 fully saturated rings. The molecule has 0 aromatic heterocycles. The summed E-state index contributed by atoms with van der Waals surface area (Å²) < 4.78 is 0. The Labute approximate surface area is 108 Å². The molecule has 0 aromatic rings. The standard InChI is InChI=1S/C15H32N2/c1-6-17(7-2)14-10-13(15(3,4)5)9-8-12(14)11-16/h12-14H,6-11,16H2,1-5H3. The van der Waals surface area contributed by atoms with Crippen molar-refractivity contribution in [2.24, 2.45) is 23.0 Å². The molecule has 0 bridgehead atoms. The van der Waals surface area contributed by atoms with Gasteiger partial charge in [-0.3, -0.25) is 0 Å². The highest BCUT2D eigenvalue weighted by Gasteiger charge is 2.37. The van der Waals surface area contributed by atoms with Gasteiger partial charge in [-0.15, -0.1) is 0 Å². The van der Waals surface area contributed by atoms with E-state index in [1.807, 2.05) is 0 Å². The van der Waals surface area contributed by atoms with E-state index in [1.165, 1.54) is 19.3 Å². The van der Waals surface area contributed by atoms with Crippen molar-refractivity contribution in [2.45, 2.75) is 59.9 Å². The van der Waals surface area contributed by atoms with Crippen LogP contribution in [0, 0.1) is 17.3 Å². The minimum atomic E-state index is 0.449. The molecule has 0 spiro atoms. The van der Waals surface area contributed by atoms with Gasteiger partial charge < -0.3 is 10.6 Å². The van der Waals surface area contributed by atoms with Gasteiger partial charge in [0.15, 0.2) is 0 Å². The van der Waals surface area contributed by atoms with E-state index in [-0.39, 0.29) is 0 Å². The summed E-state index contributed by atoms with van der Waals surface area (Å²) in [6, 6.07) is 0.716. The van der Waals surface area contributed by atoms with Crippen LogP contribution in [0.25, 0.3) is 0 Å². The molecular weight excluding hydrogens is 208 g/mol. The maximum atomic E-state index is 5.97. The molecule has 1 aliphatic rings. The van der Waals surface area contributed by atoms with Crippen molar-refractivity contribution in [3.05, 3.63) is 0 Å². The highest BCUT2D eigenvalue weighted by molar-refractivity contribution is 4.90. The van der Waals surface area contributed by atoms with Crippen LogP contribution in [-0.4, -0.2) is 30.6 Å². The van der Waals surface area contributed by atoms with E-state index in [2.05, 4.69) is 39.5 Å². The van der Waals surface area contributed by atoms with Gasteiger partial charge in [0.2, 0.25) is 0 Å². The second-order valence-corrected chi connectivity index (χ2v) is 6.66. The van der Waals surface area contributed by atoms with Crippen LogP contribution in [0.2, 0.25) is 0 Å². The van der Waals surface area contributed by atoms with Gasteiger partial charge in [-0.25, -0.2) is 0 Å². The second kappa shape index (κ2) is 6.19. The maximum Gasteiger partial charge on any atom is 0.0138 e. The van der Waals surface area contributed by atoms with E-state index in [9.17, 15) is 0 Å². The van der Waals surface area contributed by atoms with Crippen molar-refractivity contribution in [2.75, 3.05) is 19.6 Å². The molecule has 102 valence electrons. The quantitative estimate of drug-likeness (QED) is 0.818. The van der Waals surface area contributed by atoms with E-state index in [0.717, 1.165) is 25.6 Å². The summed E-state index contributed by atoms with van der Waals surface area (Å²) in [4.78, 5) is 2.62. The van der Waals surface area contributed by atoms with E-state index < -0.39 is 0 Å². The first kappa shape index (κ1) is 15.0. The molecule has 0 aromatic carbocycles. The van der Waals surface area contributed by atoms with Crippen molar-refractivity contribution >= 4 is 0 Å². The van der Waals surface area contributed by atoms with Crippen molar-refractivity contribution < 1.29 is 0 Å². The molecule has 0 saturated heterocycles. The van der Waals surface area contributed by atoms with Gasteiger partial charge in [0.05, 0.1) is 0 Å². The Hall–Kier alpha value is -0.0800. The Kier molecular flexibility index (Phi) is 5.46. The predicted octanol–water partition coefficient (Wildman–Crippen LogP) is 3.12. The highest BCUT2D eigenvalue weighted by Crippen LogP contribution is 2.41. The molecule has 1 rings (SSSR count). The number of nitrogens with two attached hydrogens (primary N) is 1. The van der Waals surface area contributed by atoms with Gasteiger partial charge in [0.25, 0.3) is 0 Å². The SMILES string of the molecule is CCN(CC)C1CC(C(C)(C)C)CCC1CN. The fourth-order valence-electron chi connectivity index (χ4n) is 3.41. The molecule has 2 heteroatoms. The minimum absolute atomic E-state index is 0.449. The summed E-state index contributed by atoms with van der Waals surface area (Å²) in [5.74, 6) is 1.57. The summed E-state index contributed by atoms with van der Waals surface area (Å²) in [6.45, 7) is 14.9. The monoisotopic (exact) mass is 240 g/mol. The third-order valence-corrected chi connectivity index (χ3v) is 4.76. The van der Waals surface area contributed by atoms with Gasteiger partial charge in [-0.05, 0) is 56.1 Å². The molecule has 3 atom stereocenters. The fourth-order valence-corrected chi connectivity index (χ4v) is 3.41. The average Bonchev–Trinajstić information content (AvgIpc) is 2.29. The van der Waals surface area contributed by atoms with Crippen LogP contribution >= 0.6 is 0 Å². The zero-order valence-electron chi connectivity index (χ0n) is 12.5. The number of hydrogen-bond acceptors (Lipinski definition) is 2. The van der Waals surface area contributed by atoms with Crippen LogP contribution < -0.4 is 5.73 Å². The Balaban J connectivity index is 2.74. The first-order valence-electron chi connectivity index (χ1n) is 7.38. The second-order valence-electron chi connectivity index (χ2n) is 6.66. The third-order valence-electron chi connectivity index (χ3n) is 4.76. The van der Waals surface area contributed by atoms with E-state index in [4.69, 9.17) is 5.73 Å². The molecule has 3 unspecified atom stereocenters. The molecule has 2 nitrogen and oxygen atoms in total. The summed E-state index contributed by atoms with van der Waals surface area (Å²) >= 11 is 0. The molecular formula is C15H32N2. The number of hydrogen-bond donors (Lipinski definition) is 1. The van der Waals surface area contributed by atoms with Gasteiger partial charge >= 0.3 is 0 Å². The number of rotatable bonds is 4. The first-order valence-corrected chi connectivity index (χ1v) is 7.38.